The molecule has 5 heteroatoms. The first-order valence-corrected chi connectivity index (χ1v) is 13.3. The lowest BCUT2D eigenvalue weighted by atomic mass is 9.80. The Hall–Kier alpha value is -3.96. The van der Waals surface area contributed by atoms with Gasteiger partial charge in [0.1, 0.15) is 0 Å². The highest BCUT2D eigenvalue weighted by Gasteiger charge is 2.36. The summed E-state index contributed by atoms with van der Waals surface area (Å²) in [7, 11) is 2.07. The Kier molecular flexibility index (Phi) is 6.24. The number of carbonyl (C=O) groups excluding carboxylic acids is 2. The minimum atomic E-state index is -0.413. The average Bonchev–Trinajstić information content (AvgIpc) is 3.32. The number of likely N-dealkylation sites (N-methyl/N-ethyl adjacent to an activating group) is 1. The van der Waals surface area contributed by atoms with Crippen molar-refractivity contribution in [3.05, 3.63) is 102 Å². The molecule has 0 spiro atoms. The zero-order chi connectivity index (χ0) is 26.4. The van der Waals surface area contributed by atoms with E-state index in [1.807, 2.05) is 42.5 Å². The number of carbonyl (C=O) groups is 2. The molecule has 0 saturated carbocycles. The van der Waals surface area contributed by atoms with Gasteiger partial charge >= 0.3 is 5.97 Å². The lowest BCUT2D eigenvalue weighted by Gasteiger charge is -2.39. The van der Waals surface area contributed by atoms with Crippen LogP contribution in [-0.4, -0.2) is 47.5 Å². The molecule has 4 aromatic rings. The Balaban J connectivity index is 1.19. The second-order valence-electron chi connectivity index (χ2n) is 10.7. The fraction of sp³-hybridized carbons (Fsp3) is 0.273. The van der Waals surface area contributed by atoms with E-state index in [-0.39, 0.29) is 24.4 Å². The highest BCUT2D eigenvalue weighted by atomic mass is 16.5. The van der Waals surface area contributed by atoms with E-state index in [0.29, 0.717) is 18.2 Å². The number of benzene rings is 3. The highest BCUT2D eigenvalue weighted by molar-refractivity contribution is 6.00. The van der Waals surface area contributed by atoms with Crippen molar-refractivity contribution in [2.24, 2.45) is 5.92 Å². The van der Waals surface area contributed by atoms with Crippen LogP contribution in [-0.2, 0) is 16.0 Å². The molecule has 38 heavy (non-hydrogen) atoms. The molecule has 6 rings (SSSR count). The highest BCUT2D eigenvalue weighted by Crippen LogP contribution is 2.42. The van der Waals surface area contributed by atoms with E-state index < -0.39 is 5.92 Å². The molecule has 1 aliphatic carbocycles. The van der Waals surface area contributed by atoms with Crippen LogP contribution in [0.5, 0.6) is 0 Å². The number of esters is 1. The summed E-state index contributed by atoms with van der Waals surface area (Å²) in [5.74, 6) is -0.965. The Morgan fingerprint density at radius 3 is 2.42 bits per heavy atom. The van der Waals surface area contributed by atoms with E-state index in [1.165, 1.54) is 27.6 Å². The van der Waals surface area contributed by atoms with Crippen LogP contribution < -0.4 is 0 Å². The quantitative estimate of drug-likeness (QED) is 0.232. The van der Waals surface area contributed by atoms with E-state index in [2.05, 4.69) is 60.8 Å². The third kappa shape index (κ3) is 4.27. The molecule has 5 nitrogen and oxygen atoms in total. The van der Waals surface area contributed by atoms with Crippen molar-refractivity contribution in [1.82, 2.24) is 9.47 Å². The standard InChI is InChI=1S/C33H32N2O3/c1-21(2)35-19-25-17-30-28(27-10-7-11-29(35)32(25)27)16-26(18-34(30)3)33(37)38-20-31(36)24-14-12-23(13-15-24)22-8-5-4-6-9-22/h4-16,19,21,26,30H,17-18,20H2,1-3H3/t26-,30-/m1/s1. The van der Waals surface area contributed by atoms with Gasteiger partial charge in [0.25, 0.3) is 0 Å². The van der Waals surface area contributed by atoms with Gasteiger partial charge in [-0.15, -0.1) is 0 Å². The lowest BCUT2D eigenvalue weighted by Crippen LogP contribution is -2.44. The molecule has 0 fully saturated rings. The Morgan fingerprint density at radius 2 is 1.68 bits per heavy atom. The number of ether oxygens (including phenoxy) is 1. The van der Waals surface area contributed by atoms with Crippen LogP contribution in [0.25, 0.3) is 27.6 Å². The first-order chi connectivity index (χ1) is 18.4. The summed E-state index contributed by atoms with van der Waals surface area (Å²) in [4.78, 5) is 28.2. The molecule has 3 aromatic carbocycles. The Labute approximate surface area is 223 Å². The SMILES string of the molecule is CC(C)n1cc2c3c(cccc31)C1=C[C@@H](C(=O)OCC(=O)c3ccc(-c4ccccc4)cc3)CN(C)[C@@H]1C2. The fourth-order valence-corrected chi connectivity index (χ4v) is 5.96. The topological polar surface area (TPSA) is 51.5 Å². The van der Waals surface area contributed by atoms with Crippen molar-refractivity contribution >= 4 is 28.2 Å². The number of Topliss-reactive ketones (excluding diaryl/α,β-unsaturated/α-hetero) is 1. The van der Waals surface area contributed by atoms with E-state index in [4.69, 9.17) is 4.74 Å². The molecule has 0 bridgehead atoms. The van der Waals surface area contributed by atoms with Crippen LogP contribution >= 0.6 is 0 Å². The van der Waals surface area contributed by atoms with Gasteiger partial charge in [-0.05, 0) is 61.2 Å². The monoisotopic (exact) mass is 504 g/mol. The van der Waals surface area contributed by atoms with Crippen molar-refractivity contribution in [2.75, 3.05) is 20.2 Å². The number of hydrogen-bond acceptors (Lipinski definition) is 4. The molecule has 0 unspecified atom stereocenters. The summed E-state index contributed by atoms with van der Waals surface area (Å²) in [6.45, 7) is 4.73. The van der Waals surface area contributed by atoms with Crippen LogP contribution in [0.2, 0.25) is 0 Å². The second kappa shape index (κ2) is 9.73. The van der Waals surface area contributed by atoms with Gasteiger partial charge in [-0.2, -0.15) is 0 Å². The number of hydrogen-bond donors (Lipinski definition) is 0. The number of rotatable bonds is 6. The minimum Gasteiger partial charge on any atom is -0.457 e. The van der Waals surface area contributed by atoms with Crippen molar-refractivity contribution in [3.8, 4) is 11.1 Å². The van der Waals surface area contributed by atoms with Crippen LogP contribution in [0, 0.1) is 5.92 Å². The molecule has 0 radical (unpaired) electrons. The zero-order valence-corrected chi connectivity index (χ0v) is 22.1. The number of fused-ring (bicyclic) bond motifs is 2. The summed E-state index contributed by atoms with van der Waals surface area (Å²) >= 11 is 0. The third-order valence-corrected chi connectivity index (χ3v) is 7.94. The zero-order valence-electron chi connectivity index (χ0n) is 22.1. The van der Waals surface area contributed by atoms with Gasteiger partial charge in [0.2, 0.25) is 0 Å². The van der Waals surface area contributed by atoms with Gasteiger partial charge < -0.3 is 9.30 Å². The van der Waals surface area contributed by atoms with Crippen LogP contribution in [0.4, 0.5) is 0 Å². The molecule has 192 valence electrons. The number of ketones is 1. The summed E-state index contributed by atoms with van der Waals surface area (Å²) in [6, 6.07) is 24.5. The smallest absolute Gasteiger partial charge is 0.314 e. The number of nitrogens with zero attached hydrogens (tertiary/aromatic N) is 2. The lowest BCUT2D eigenvalue weighted by molar-refractivity contribution is -0.146. The molecule has 1 aromatic heterocycles. The van der Waals surface area contributed by atoms with Crippen molar-refractivity contribution in [3.63, 3.8) is 0 Å². The van der Waals surface area contributed by atoms with Gasteiger partial charge in [0, 0.05) is 41.3 Å². The maximum atomic E-state index is 13.1. The van der Waals surface area contributed by atoms with Crippen molar-refractivity contribution in [2.45, 2.75) is 32.4 Å². The summed E-state index contributed by atoms with van der Waals surface area (Å²) < 4.78 is 7.90. The Bertz CT molecular complexity index is 1550. The second-order valence-corrected chi connectivity index (χ2v) is 10.7. The number of aromatic nitrogens is 1. The normalized spacial score (nSPS) is 18.8. The molecule has 2 atom stereocenters. The molecule has 1 aliphatic heterocycles. The maximum Gasteiger partial charge on any atom is 0.314 e. The predicted octanol–water partition coefficient (Wildman–Crippen LogP) is 6.19. The van der Waals surface area contributed by atoms with E-state index in [1.54, 1.807) is 12.1 Å². The largest absolute Gasteiger partial charge is 0.457 e. The van der Waals surface area contributed by atoms with Gasteiger partial charge in [-0.3, -0.25) is 14.5 Å². The summed E-state index contributed by atoms with van der Waals surface area (Å²) in [6.07, 6.45) is 5.30. The van der Waals surface area contributed by atoms with Crippen LogP contribution in [0.3, 0.4) is 0 Å². The van der Waals surface area contributed by atoms with E-state index in [0.717, 1.165) is 17.5 Å². The molecule has 0 saturated heterocycles. The van der Waals surface area contributed by atoms with Crippen molar-refractivity contribution < 1.29 is 14.3 Å². The maximum absolute atomic E-state index is 13.1. The van der Waals surface area contributed by atoms with Crippen molar-refractivity contribution in [1.29, 1.82) is 0 Å². The predicted molar refractivity (Wildman–Crippen MR) is 151 cm³/mol. The van der Waals surface area contributed by atoms with E-state index >= 15 is 0 Å². The summed E-state index contributed by atoms with van der Waals surface area (Å²) in [5, 5.41) is 1.29. The van der Waals surface area contributed by atoms with Gasteiger partial charge in [0.15, 0.2) is 12.4 Å². The molecule has 2 aliphatic rings. The van der Waals surface area contributed by atoms with Crippen LogP contribution in [0.1, 0.15) is 41.4 Å². The summed E-state index contributed by atoms with van der Waals surface area (Å²) in [5.41, 5.74) is 7.66. The first kappa shape index (κ1) is 24.4. The molecular weight excluding hydrogens is 472 g/mol. The molecule has 0 amide bonds. The Morgan fingerprint density at radius 1 is 0.947 bits per heavy atom. The molecular formula is C33H32N2O3. The van der Waals surface area contributed by atoms with Crippen LogP contribution in [0.15, 0.2) is 85.1 Å². The van der Waals surface area contributed by atoms with Gasteiger partial charge in [-0.25, -0.2) is 0 Å². The first-order valence-electron chi connectivity index (χ1n) is 13.3. The average molecular weight is 505 g/mol. The molecule has 0 N–H and O–H groups in total. The minimum absolute atomic E-state index is 0.199. The van der Waals surface area contributed by atoms with Gasteiger partial charge in [-0.1, -0.05) is 72.8 Å². The van der Waals surface area contributed by atoms with E-state index in [9.17, 15) is 9.59 Å². The molecule has 2 heterocycles. The van der Waals surface area contributed by atoms with Gasteiger partial charge in [0.05, 0.1) is 5.92 Å². The third-order valence-electron chi connectivity index (χ3n) is 7.94. The fourth-order valence-electron chi connectivity index (χ4n) is 5.96.